The van der Waals surface area contributed by atoms with Crippen LogP contribution in [-0.2, 0) is 14.3 Å². The lowest BCUT2D eigenvalue weighted by Crippen LogP contribution is -2.46. The maximum Gasteiger partial charge on any atom is 0.367 e. The molecule has 2 aromatic carbocycles. The van der Waals surface area contributed by atoms with Crippen LogP contribution in [0.2, 0.25) is 10.0 Å². The highest BCUT2D eigenvalue weighted by Crippen LogP contribution is 2.33. The summed E-state index contributed by atoms with van der Waals surface area (Å²) in [7, 11) is 0. The van der Waals surface area contributed by atoms with E-state index in [-0.39, 0.29) is 0 Å². The predicted octanol–water partition coefficient (Wildman–Crippen LogP) is 4.44. The van der Waals surface area contributed by atoms with E-state index in [9.17, 15) is 19.5 Å². The third-order valence-electron chi connectivity index (χ3n) is 6.41. The van der Waals surface area contributed by atoms with Gasteiger partial charge >= 0.3 is 11.9 Å². The molecule has 1 aromatic heterocycles. The van der Waals surface area contributed by atoms with Crippen LogP contribution in [0.5, 0.6) is 5.75 Å². The van der Waals surface area contributed by atoms with Crippen molar-refractivity contribution in [2.75, 3.05) is 44.2 Å². The van der Waals surface area contributed by atoms with Gasteiger partial charge in [-0.25, -0.2) is 4.79 Å². The van der Waals surface area contributed by atoms with E-state index in [0.717, 1.165) is 62.7 Å². The summed E-state index contributed by atoms with van der Waals surface area (Å²) in [5, 5.41) is 11.3. The van der Waals surface area contributed by atoms with E-state index in [1.165, 1.54) is 6.07 Å². The van der Waals surface area contributed by atoms with Gasteiger partial charge in [-0.2, -0.15) is 0 Å². The molecule has 3 aromatic rings. The van der Waals surface area contributed by atoms with Gasteiger partial charge in [0.05, 0.1) is 27.9 Å². The van der Waals surface area contributed by atoms with Gasteiger partial charge in [-0.1, -0.05) is 29.3 Å². The summed E-state index contributed by atoms with van der Waals surface area (Å²) < 4.78 is 11.7. The van der Waals surface area contributed by atoms with Crippen LogP contribution in [0.1, 0.15) is 26.0 Å². The summed E-state index contributed by atoms with van der Waals surface area (Å²) in [5.74, 6) is -1.75. The zero-order valence-electron chi connectivity index (χ0n) is 20.9. The summed E-state index contributed by atoms with van der Waals surface area (Å²) in [4.78, 5) is 40.3. The largest absolute Gasteiger partial charge is 0.494 e. The SMILES string of the molecule is CC(=O)OC(C(=O)O)n1c(=O)ccc2ccc(OCCCCN3CCN(c4cccc(Cl)c4Cl)CC3)cc21. The predicted molar refractivity (Wildman–Crippen MR) is 146 cm³/mol. The molecule has 2 heterocycles. The lowest BCUT2D eigenvalue weighted by atomic mass is 10.2. The number of fused-ring (bicyclic) bond motifs is 1. The van der Waals surface area contributed by atoms with E-state index in [2.05, 4.69) is 9.80 Å². The van der Waals surface area contributed by atoms with E-state index < -0.39 is 23.7 Å². The first-order valence-electron chi connectivity index (χ1n) is 12.3. The number of carboxylic acids is 1. The minimum atomic E-state index is -1.77. The molecule has 1 unspecified atom stereocenters. The number of nitrogens with zero attached hydrogens (tertiary/aromatic N) is 3. The van der Waals surface area contributed by atoms with Crippen molar-refractivity contribution in [3.05, 3.63) is 68.9 Å². The molecular weight excluding hydrogens is 533 g/mol. The topological polar surface area (TPSA) is 101 Å². The number of carbonyl (C=O) groups is 2. The number of rotatable bonds is 10. The molecule has 0 aliphatic carbocycles. The Balaban J connectivity index is 1.30. The number of benzene rings is 2. The summed E-state index contributed by atoms with van der Waals surface area (Å²) in [5.41, 5.74) is 0.679. The van der Waals surface area contributed by atoms with Gasteiger partial charge in [0.2, 0.25) is 0 Å². The van der Waals surface area contributed by atoms with Crippen LogP contribution in [0.3, 0.4) is 0 Å². The van der Waals surface area contributed by atoms with Crippen molar-refractivity contribution in [2.45, 2.75) is 26.0 Å². The molecule has 11 heteroatoms. The number of pyridine rings is 1. The van der Waals surface area contributed by atoms with E-state index >= 15 is 0 Å². The summed E-state index contributed by atoms with van der Waals surface area (Å²) in [6, 6.07) is 13.6. The number of carbonyl (C=O) groups excluding carboxylic acids is 1. The number of esters is 1. The van der Waals surface area contributed by atoms with E-state index in [1.807, 2.05) is 12.1 Å². The van der Waals surface area contributed by atoms with Gasteiger partial charge in [0, 0.05) is 45.2 Å². The van der Waals surface area contributed by atoms with Crippen molar-refractivity contribution < 1.29 is 24.2 Å². The Hall–Kier alpha value is -3.27. The Kier molecular flexibility index (Phi) is 9.14. The Morgan fingerprint density at radius 1 is 1.03 bits per heavy atom. The molecule has 1 N–H and O–H groups in total. The van der Waals surface area contributed by atoms with Crippen LogP contribution < -0.4 is 15.2 Å². The Labute approximate surface area is 230 Å². The molecule has 0 spiro atoms. The number of hydrogen-bond donors (Lipinski definition) is 1. The fourth-order valence-electron chi connectivity index (χ4n) is 4.51. The van der Waals surface area contributed by atoms with Crippen molar-refractivity contribution in [1.29, 1.82) is 0 Å². The molecule has 9 nitrogen and oxygen atoms in total. The van der Waals surface area contributed by atoms with Crippen molar-refractivity contribution in [3.63, 3.8) is 0 Å². The van der Waals surface area contributed by atoms with Gasteiger partial charge in [-0.05, 0) is 55.1 Å². The molecule has 202 valence electrons. The maximum absolute atomic E-state index is 12.5. The van der Waals surface area contributed by atoms with Gasteiger partial charge < -0.3 is 19.5 Å². The third kappa shape index (κ3) is 6.59. The second-order valence-corrected chi connectivity index (χ2v) is 9.80. The monoisotopic (exact) mass is 561 g/mol. The fraction of sp³-hybridized carbons (Fsp3) is 0.370. The van der Waals surface area contributed by atoms with Gasteiger partial charge in [-0.3, -0.25) is 19.1 Å². The first-order valence-corrected chi connectivity index (χ1v) is 13.1. The second kappa shape index (κ2) is 12.5. The van der Waals surface area contributed by atoms with Gasteiger partial charge in [0.25, 0.3) is 11.8 Å². The second-order valence-electron chi connectivity index (χ2n) is 9.02. The number of piperazine rings is 1. The number of aliphatic carboxylic acids is 1. The molecule has 1 aliphatic heterocycles. The molecule has 1 fully saturated rings. The molecule has 1 saturated heterocycles. The zero-order chi connectivity index (χ0) is 27.2. The molecule has 4 rings (SSSR count). The van der Waals surface area contributed by atoms with Gasteiger partial charge in [0.1, 0.15) is 5.75 Å². The van der Waals surface area contributed by atoms with Crippen molar-refractivity contribution in [1.82, 2.24) is 9.47 Å². The summed E-state index contributed by atoms with van der Waals surface area (Å²) in [6.45, 7) is 6.11. The molecule has 0 bridgehead atoms. The van der Waals surface area contributed by atoms with Crippen LogP contribution >= 0.6 is 23.2 Å². The number of ether oxygens (including phenoxy) is 2. The smallest absolute Gasteiger partial charge is 0.367 e. The molecule has 0 amide bonds. The highest BCUT2D eigenvalue weighted by molar-refractivity contribution is 6.43. The van der Waals surface area contributed by atoms with Crippen molar-refractivity contribution >= 4 is 51.7 Å². The van der Waals surface area contributed by atoms with Crippen molar-refractivity contribution in [2.24, 2.45) is 0 Å². The Morgan fingerprint density at radius 3 is 2.47 bits per heavy atom. The number of aromatic nitrogens is 1. The Bertz CT molecular complexity index is 1370. The van der Waals surface area contributed by atoms with Gasteiger partial charge in [-0.15, -0.1) is 0 Å². The number of hydrogen-bond acceptors (Lipinski definition) is 7. The minimum Gasteiger partial charge on any atom is -0.494 e. The third-order valence-corrected chi connectivity index (χ3v) is 7.22. The average molecular weight is 562 g/mol. The van der Waals surface area contributed by atoms with E-state index in [0.29, 0.717) is 33.3 Å². The van der Waals surface area contributed by atoms with Crippen LogP contribution in [-0.4, -0.2) is 65.8 Å². The Morgan fingerprint density at radius 2 is 1.76 bits per heavy atom. The number of anilines is 1. The standard InChI is InChI=1S/C27H29Cl2N3O6/c1-18(33)38-26(27(35)36)32-23-17-20(9-7-19(23)8-10-24(32)34)37-16-3-2-11-30-12-14-31(15-13-30)22-6-4-5-21(28)25(22)29/h4-10,17,26H,2-3,11-16H2,1H3,(H,35,36). The number of carboxylic acid groups (broad SMARTS) is 1. The highest BCUT2D eigenvalue weighted by atomic mass is 35.5. The molecule has 1 atom stereocenters. The van der Waals surface area contributed by atoms with E-state index in [4.69, 9.17) is 32.7 Å². The highest BCUT2D eigenvalue weighted by Gasteiger charge is 2.26. The van der Waals surface area contributed by atoms with Crippen molar-refractivity contribution in [3.8, 4) is 5.75 Å². The lowest BCUT2D eigenvalue weighted by molar-refractivity contribution is -0.169. The molecule has 1 aliphatic rings. The average Bonchev–Trinajstić information content (AvgIpc) is 2.89. The molecule has 0 saturated carbocycles. The lowest BCUT2D eigenvalue weighted by Gasteiger charge is -2.36. The normalized spacial score (nSPS) is 14.9. The molecule has 0 radical (unpaired) electrons. The van der Waals surface area contributed by atoms with Crippen LogP contribution in [0.4, 0.5) is 5.69 Å². The molecule has 38 heavy (non-hydrogen) atoms. The summed E-state index contributed by atoms with van der Waals surface area (Å²) in [6.07, 6.45) is 0.00359. The van der Waals surface area contributed by atoms with E-state index in [1.54, 1.807) is 30.3 Å². The zero-order valence-corrected chi connectivity index (χ0v) is 22.5. The number of unbranched alkanes of at least 4 members (excludes halogenated alkanes) is 1. The van der Waals surface area contributed by atoms with Gasteiger partial charge in [0.15, 0.2) is 0 Å². The first-order chi connectivity index (χ1) is 18.2. The first kappa shape index (κ1) is 27.8. The number of halogens is 2. The van der Waals surface area contributed by atoms with Crippen LogP contribution in [0.15, 0.2) is 53.3 Å². The van der Waals surface area contributed by atoms with Crippen LogP contribution in [0, 0.1) is 0 Å². The maximum atomic E-state index is 12.5. The fourth-order valence-corrected chi connectivity index (χ4v) is 4.93. The molecular formula is C27H29Cl2N3O6. The quantitative estimate of drug-likeness (QED) is 0.286. The van der Waals surface area contributed by atoms with Crippen LogP contribution in [0.25, 0.3) is 10.9 Å². The summed E-state index contributed by atoms with van der Waals surface area (Å²) >= 11 is 12.5. The minimum absolute atomic E-state index is 0.307.